The molecule has 1 aliphatic heterocycles. The highest BCUT2D eigenvalue weighted by Gasteiger charge is 2.28. The van der Waals surface area contributed by atoms with Gasteiger partial charge in [0.1, 0.15) is 17.2 Å². The number of nitro groups is 1. The number of anilines is 1. The van der Waals surface area contributed by atoms with Gasteiger partial charge in [0, 0.05) is 68.9 Å². The van der Waals surface area contributed by atoms with Crippen LogP contribution in [0.3, 0.4) is 0 Å². The molecule has 1 aliphatic rings. The van der Waals surface area contributed by atoms with E-state index in [4.69, 9.17) is 9.47 Å². The smallest absolute Gasteiger partial charge is 0.293 e. The first kappa shape index (κ1) is 23.7. The number of methoxy groups -OCH3 is 2. The van der Waals surface area contributed by atoms with Crippen LogP contribution in [0.25, 0.3) is 0 Å². The Morgan fingerprint density at radius 2 is 1.63 bits per heavy atom. The molecule has 0 spiro atoms. The van der Waals surface area contributed by atoms with E-state index in [0.717, 1.165) is 0 Å². The standard InChI is InChI=1S/C24H25N5O6/c1-26-7-6-25-23(26)22(30)16-4-5-20(21(14-16)29(32)33)27-8-10-28(11-9-27)24(31)17-12-18(34-2)15-19(13-17)35-3/h4-7,12-15H,8-11H2,1-3H3. The van der Waals surface area contributed by atoms with E-state index in [1.165, 1.54) is 26.5 Å². The Kier molecular flexibility index (Phi) is 6.67. The summed E-state index contributed by atoms with van der Waals surface area (Å²) in [5, 5.41) is 11.8. The second kappa shape index (κ2) is 9.84. The molecule has 0 radical (unpaired) electrons. The summed E-state index contributed by atoms with van der Waals surface area (Å²) in [5.41, 5.74) is 0.872. The quantitative estimate of drug-likeness (QED) is 0.288. The van der Waals surface area contributed by atoms with Crippen molar-refractivity contribution in [1.29, 1.82) is 0 Å². The Labute approximate surface area is 201 Å². The Morgan fingerprint density at radius 3 is 2.17 bits per heavy atom. The maximum Gasteiger partial charge on any atom is 0.293 e. The molecule has 1 aromatic heterocycles. The van der Waals surface area contributed by atoms with Gasteiger partial charge in [-0.05, 0) is 24.3 Å². The molecule has 0 aliphatic carbocycles. The van der Waals surface area contributed by atoms with E-state index >= 15 is 0 Å². The first-order valence-corrected chi connectivity index (χ1v) is 10.9. The number of piperazine rings is 1. The molecule has 35 heavy (non-hydrogen) atoms. The lowest BCUT2D eigenvalue weighted by Gasteiger charge is -2.36. The molecule has 0 N–H and O–H groups in total. The molecule has 2 heterocycles. The van der Waals surface area contributed by atoms with Crippen LogP contribution in [0.5, 0.6) is 11.5 Å². The average Bonchev–Trinajstić information content (AvgIpc) is 3.32. The molecule has 0 bridgehead atoms. The third-order valence-corrected chi connectivity index (χ3v) is 5.96. The molecule has 11 nitrogen and oxygen atoms in total. The van der Waals surface area contributed by atoms with E-state index in [9.17, 15) is 19.7 Å². The van der Waals surface area contributed by atoms with Crippen molar-refractivity contribution in [3.05, 3.63) is 75.9 Å². The molecular weight excluding hydrogens is 454 g/mol. The van der Waals surface area contributed by atoms with Gasteiger partial charge in [0.05, 0.1) is 19.1 Å². The fourth-order valence-corrected chi connectivity index (χ4v) is 4.06. The molecule has 4 rings (SSSR count). The van der Waals surface area contributed by atoms with Gasteiger partial charge in [-0.2, -0.15) is 0 Å². The fraction of sp³-hybridized carbons (Fsp3) is 0.292. The van der Waals surface area contributed by atoms with Crippen molar-refractivity contribution in [2.75, 3.05) is 45.3 Å². The summed E-state index contributed by atoms with van der Waals surface area (Å²) >= 11 is 0. The minimum atomic E-state index is -0.495. The maximum absolute atomic E-state index is 13.1. The topological polar surface area (TPSA) is 120 Å². The largest absolute Gasteiger partial charge is 0.497 e. The van der Waals surface area contributed by atoms with Gasteiger partial charge < -0.3 is 23.8 Å². The monoisotopic (exact) mass is 479 g/mol. The minimum absolute atomic E-state index is 0.164. The molecule has 3 aromatic rings. The van der Waals surface area contributed by atoms with Crippen LogP contribution in [0.2, 0.25) is 0 Å². The van der Waals surface area contributed by atoms with Crippen molar-refractivity contribution in [3.8, 4) is 11.5 Å². The molecule has 1 saturated heterocycles. The summed E-state index contributed by atoms with van der Waals surface area (Å²) in [5.74, 6) is 0.668. The van der Waals surface area contributed by atoms with E-state index in [2.05, 4.69) is 4.98 Å². The summed E-state index contributed by atoms with van der Waals surface area (Å²) in [6, 6.07) is 9.43. The van der Waals surface area contributed by atoms with Crippen molar-refractivity contribution < 1.29 is 24.0 Å². The number of nitro benzene ring substituents is 1. The zero-order valence-corrected chi connectivity index (χ0v) is 19.6. The number of ether oxygens (including phenoxy) is 2. The fourth-order valence-electron chi connectivity index (χ4n) is 4.06. The predicted octanol–water partition coefficient (Wildman–Crippen LogP) is 2.54. The first-order valence-electron chi connectivity index (χ1n) is 10.9. The minimum Gasteiger partial charge on any atom is -0.497 e. The average molecular weight is 479 g/mol. The zero-order valence-electron chi connectivity index (χ0n) is 19.6. The normalized spacial score (nSPS) is 13.5. The van der Waals surface area contributed by atoms with Crippen molar-refractivity contribution in [2.24, 2.45) is 7.05 Å². The van der Waals surface area contributed by atoms with E-state index in [1.807, 2.05) is 4.90 Å². The second-order valence-electron chi connectivity index (χ2n) is 8.03. The number of carbonyl (C=O) groups excluding carboxylic acids is 2. The Morgan fingerprint density at radius 1 is 0.971 bits per heavy atom. The van der Waals surface area contributed by atoms with E-state index < -0.39 is 10.7 Å². The van der Waals surface area contributed by atoms with Gasteiger partial charge in [-0.15, -0.1) is 0 Å². The number of aryl methyl sites for hydroxylation is 1. The van der Waals surface area contributed by atoms with E-state index in [1.54, 1.807) is 53.0 Å². The molecule has 1 amide bonds. The number of benzene rings is 2. The predicted molar refractivity (Wildman–Crippen MR) is 127 cm³/mol. The Balaban J connectivity index is 1.51. The van der Waals surface area contributed by atoms with Crippen LogP contribution < -0.4 is 14.4 Å². The van der Waals surface area contributed by atoms with Gasteiger partial charge in [0.15, 0.2) is 5.82 Å². The second-order valence-corrected chi connectivity index (χ2v) is 8.03. The lowest BCUT2D eigenvalue weighted by atomic mass is 10.1. The highest BCUT2D eigenvalue weighted by Crippen LogP contribution is 2.31. The molecule has 0 atom stereocenters. The van der Waals surface area contributed by atoms with Gasteiger partial charge in [-0.1, -0.05) is 0 Å². The summed E-state index contributed by atoms with van der Waals surface area (Å²) in [7, 11) is 4.72. The zero-order chi connectivity index (χ0) is 25.1. The summed E-state index contributed by atoms with van der Waals surface area (Å²) in [6.45, 7) is 1.56. The number of hydrogen-bond donors (Lipinski definition) is 0. The van der Waals surface area contributed by atoms with E-state index in [-0.39, 0.29) is 23.0 Å². The lowest BCUT2D eigenvalue weighted by Crippen LogP contribution is -2.49. The van der Waals surface area contributed by atoms with Gasteiger partial charge in [-0.3, -0.25) is 19.7 Å². The number of ketones is 1. The number of amides is 1. The molecule has 182 valence electrons. The van der Waals surface area contributed by atoms with Crippen molar-refractivity contribution >= 4 is 23.1 Å². The lowest BCUT2D eigenvalue weighted by molar-refractivity contribution is -0.384. The Bertz CT molecular complexity index is 1260. The molecule has 0 saturated carbocycles. The molecule has 0 unspecified atom stereocenters. The number of imidazole rings is 1. The number of hydrogen-bond acceptors (Lipinski definition) is 8. The van der Waals surface area contributed by atoms with Gasteiger partial charge in [0.25, 0.3) is 11.6 Å². The van der Waals surface area contributed by atoms with Gasteiger partial charge in [-0.25, -0.2) is 4.98 Å². The number of carbonyl (C=O) groups is 2. The number of nitrogens with zero attached hydrogens (tertiary/aromatic N) is 5. The summed E-state index contributed by atoms with van der Waals surface area (Å²) < 4.78 is 12.1. The van der Waals surface area contributed by atoms with Gasteiger partial charge >= 0.3 is 0 Å². The highest BCUT2D eigenvalue weighted by atomic mass is 16.6. The van der Waals surface area contributed by atoms with Crippen LogP contribution in [0.1, 0.15) is 26.5 Å². The van der Waals surface area contributed by atoms with Crippen molar-refractivity contribution in [1.82, 2.24) is 14.5 Å². The van der Waals surface area contributed by atoms with Gasteiger partial charge in [0.2, 0.25) is 5.78 Å². The molecule has 1 fully saturated rings. The summed E-state index contributed by atoms with van der Waals surface area (Å²) in [6.07, 6.45) is 3.14. The third kappa shape index (κ3) is 4.79. The summed E-state index contributed by atoms with van der Waals surface area (Å²) in [4.78, 5) is 44.7. The van der Waals surface area contributed by atoms with E-state index in [0.29, 0.717) is 48.9 Å². The number of rotatable bonds is 7. The van der Waals surface area contributed by atoms with Crippen LogP contribution in [-0.4, -0.2) is 71.5 Å². The van der Waals surface area contributed by atoms with Crippen LogP contribution >= 0.6 is 0 Å². The number of aromatic nitrogens is 2. The van der Waals surface area contributed by atoms with Crippen molar-refractivity contribution in [2.45, 2.75) is 0 Å². The molecular formula is C24H25N5O6. The third-order valence-electron chi connectivity index (χ3n) is 5.96. The maximum atomic E-state index is 13.1. The molecule has 11 heteroatoms. The van der Waals surface area contributed by atoms with Crippen LogP contribution in [-0.2, 0) is 7.05 Å². The highest BCUT2D eigenvalue weighted by molar-refractivity contribution is 6.07. The van der Waals surface area contributed by atoms with Crippen molar-refractivity contribution in [3.63, 3.8) is 0 Å². The van der Waals surface area contributed by atoms with Crippen LogP contribution in [0.4, 0.5) is 11.4 Å². The van der Waals surface area contributed by atoms with Crippen LogP contribution in [0, 0.1) is 10.1 Å². The SMILES string of the molecule is COc1cc(OC)cc(C(=O)N2CCN(c3ccc(C(=O)c4nccn4C)cc3[N+](=O)[O-])CC2)c1. The van der Waals surface area contributed by atoms with Crippen LogP contribution in [0.15, 0.2) is 48.8 Å². The first-order chi connectivity index (χ1) is 16.8. The Hall–Kier alpha value is -4.41. The molecule has 2 aromatic carbocycles.